The molecule has 1 heterocycles. The zero-order valence-electron chi connectivity index (χ0n) is 17.5. The summed E-state index contributed by atoms with van der Waals surface area (Å²) in [5.74, 6) is 0.689. The topological polar surface area (TPSA) is 62.4 Å². The first-order valence-corrected chi connectivity index (χ1v) is 11.9. The van der Waals surface area contributed by atoms with Crippen molar-refractivity contribution in [3.05, 3.63) is 70.9 Å². The van der Waals surface area contributed by atoms with E-state index in [1.54, 1.807) is 32.2 Å². The second-order valence-corrected chi connectivity index (χ2v) is 9.81. The fourth-order valence-electron chi connectivity index (χ4n) is 3.36. The Morgan fingerprint density at radius 1 is 1.03 bits per heavy atom. The summed E-state index contributed by atoms with van der Waals surface area (Å²) >= 11 is 6.11. The molecule has 0 saturated heterocycles. The zero-order chi connectivity index (χ0) is 21.7. The SMILES string of the molecule is CCN(Cc1cccc(Cl)c1)Cc1ccc(-c2cc(S(=O)(=O)CC)ccc2OC)[nH]1. The molecule has 0 aliphatic rings. The van der Waals surface area contributed by atoms with E-state index in [2.05, 4.69) is 22.9 Å². The van der Waals surface area contributed by atoms with Gasteiger partial charge in [-0.2, -0.15) is 0 Å². The van der Waals surface area contributed by atoms with Gasteiger partial charge in [0.25, 0.3) is 0 Å². The Balaban J connectivity index is 1.84. The second-order valence-electron chi connectivity index (χ2n) is 7.10. The van der Waals surface area contributed by atoms with Crippen LogP contribution < -0.4 is 4.74 Å². The lowest BCUT2D eigenvalue weighted by atomic mass is 10.1. The van der Waals surface area contributed by atoms with Crippen molar-refractivity contribution < 1.29 is 13.2 Å². The summed E-state index contributed by atoms with van der Waals surface area (Å²) in [6.07, 6.45) is 0. The van der Waals surface area contributed by atoms with E-state index in [0.29, 0.717) is 10.6 Å². The number of ether oxygens (including phenoxy) is 1. The van der Waals surface area contributed by atoms with Gasteiger partial charge in [-0.1, -0.05) is 37.6 Å². The molecule has 0 atom stereocenters. The number of aromatic nitrogens is 1. The number of hydrogen-bond acceptors (Lipinski definition) is 4. The van der Waals surface area contributed by atoms with Crippen molar-refractivity contribution in [1.29, 1.82) is 0 Å². The minimum absolute atomic E-state index is 0.0592. The smallest absolute Gasteiger partial charge is 0.178 e. The first-order chi connectivity index (χ1) is 14.4. The van der Waals surface area contributed by atoms with Crippen LogP contribution in [0.2, 0.25) is 5.02 Å². The third kappa shape index (κ3) is 5.25. The molecule has 3 rings (SSSR count). The summed E-state index contributed by atoms with van der Waals surface area (Å²) in [6.45, 7) is 6.17. The summed E-state index contributed by atoms with van der Waals surface area (Å²) < 4.78 is 30.1. The molecular formula is C23H27ClN2O3S. The van der Waals surface area contributed by atoms with Crippen molar-refractivity contribution in [2.75, 3.05) is 19.4 Å². The van der Waals surface area contributed by atoms with Gasteiger partial charge >= 0.3 is 0 Å². The highest BCUT2D eigenvalue weighted by Gasteiger charge is 2.17. The van der Waals surface area contributed by atoms with Gasteiger partial charge in [0.05, 0.1) is 17.8 Å². The van der Waals surface area contributed by atoms with Crippen LogP contribution in [0.5, 0.6) is 5.75 Å². The van der Waals surface area contributed by atoms with E-state index in [0.717, 1.165) is 47.2 Å². The number of methoxy groups -OCH3 is 1. The number of benzene rings is 2. The number of sulfone groups is 1. The molecule has 0 fully saturated rings. The molecule has 0 saturated carbocycles. The monoisotopic (exact) mass is 446 g/mol. The molecule has 0 amide bonds. The molecule has 0 aliphatic heterocycles. The van der Waals surface area contributed by atoms with Crippen molar-refractivity contribution >= 4 is 21.4 Å². The van der Waals surface area contributed by atoms with Crippen LogP contribution in [0.4, 0.5) is 0 Å². The average molecular weight is 447 g/mol. The van der Waals surface area contributed by atoms with Crippen LogP contribution in [0.3, 0.4) is 0 Å². The highest BCUT2D eigenvalue weighted by molar-refractivity contribution is 7.91. The van der Waals surface area contributed by atoms with E-state index in [-0.39, 0.29) is 5.75 Å². The van der Waals surface area contributed by atoms with Crippen LogP contribution in [0.25, 0.3) is 11.3 Å². The number of aromatic amines is 1. The molecule has 30 heavy (non-hydrogen) atoms. The summed E-state index contributed by atoms with van der Waals surface area (Å²) in [5.41, 5.74) is 3.76. The van der Waals surface area contributed by atoms with Crippen molar-refractivity contribution in [2.45, 2.75) is 31.8 Å². The van der Waals surface area contributed by atoms with E-state index in [4.69, 9.17) is 16.3 Å². The van der Waals surface area contributed by atoms with Crippen LogP contribution in [0.15, 0.2) is 59.5 Å². The highest BCUT2D eigenvalue weighted by Crippen LogP contribution is 2.32. The lowest BCUT2D eigenvalue weighted by molar-refractivity contribution is 0.268. The van der Waals surface area contributed by atoms with Gasteiger partial charge in [-0.3, -0.25) is 4.90 Å². The van der Waals surface area contributed by atoms with Gasteiger partial charge < -0.3 is 9.72 Å². The number of hydrogen-bond donors (Lipinski definition) is 1. The third-order valence-corrected chi connectivity index (χ3v) is 7.05. The van der Waals surface area contributed by atoms with Crippen LogP contribution in [0, 0.1) is 0 Å². The molecule has 160 valence electrons. The molecular weight excluding hydrogens is 420 g/mol. The van der Waals surface area contributed by atoms with Crippen molar-refractivity contribution in [3.63, 3.8) is 0 Å². The predicted octanol–water partition coefficient (Wildman–Crippen LogP) is 5.16. The fraction of sp³-hybridized carbons (Fsp3) is 0.304. The number of rotatable bonds is 9. The maximum atomic E-state index is 12.3. The molecule has 0 unspecified atom stereocenters. The Hall–Kier alpha value is -2.28. The van der Waals surface area contributed by atoms with Crippen molar-refractivity contribution in [3.8, 4) is 17.0 Å². The Bertz CT molecular complexity index is 1110. The Morgan fingerprint density at radius 2 is 1.83 bits per heavy atom. The second kappa shape index (κ2) is 9.69. The normalized spacial score (nSPS) is 11.8. The van der Waals surface area contributed by atoms with Gasteiger partial charge in [-0.05, 0) is 54.6 Å². The molecule has 0 spiro atoms. The molecule has 3 aromatic rings. The largest absolute Gasteiger partial charge is 0.496 e. The summed E-state index contributed by atoms with van der Waals surface area (Å²) in [5, 5.41) is 0.736. The predicted molar refractivity (Wildman–Crippen MR) is 122 cm³/mol. The van der Waals surface area contributed by atoms with Gasteiger partial charge in [-0.25, -0.2) is 8.42 Å². The summed E-state index contributed by atoms with van der Waals surface area (Å²) in [4.78, 5) is 6.02. The quantitative estimate of drug-likeness (QED) is 0.493. The molecule has 2 aromatic carbocycles. The summed E-state index contributed by atoms with van der Waals surface area (Å²) in [6, 6.07) is 16.8. The van der Waals surface area contributed by atoms with E-state index in [1.807, 2.05) is 30.3 Å². The first kappa shape index (κ1) is 22.4. The number of H-pyrrole nitrogens is 1. The molecule has 5 nitrogen and oxygen atoms in total. The molecule has 0 bridgehead atoms. The maximum absolute atomic E-state index is 12.3. The van der Waals surface area contributed by atoms with Crippen molar-refractivity contribution in [2.24, 2.45) is 0 Å². The van der Waals surface area contributed by atoms with E-state index >= 15 is 0 Å². The Morgan fingerprint density at radius 3 is 2.50 bits per heavy atom. The van der Waals surface area contributed by atoms with Crippen molar-refractivity contribution in [1.82, 2.24) is 9.88 Å². The standard InChI is InChI=1S/C23H27ClN2O3S/c1-4-26(15-17-7-6-8-18(24)13-17)16-19-9-11-22(25-19)21-14-20(30(27,28)5-2)10-12-23(21)29-3/h6-14,25H,4-5,15-16H2,1-3H3. The molecule has 1 N–H and O–H groups in total. The van der Waals surface area contributed by atoms with Crippen LogP contribution in [-0.4, -0.2) is 37.7 Å². The average Bonchev–Trinajstić information content (AvgIpc) is 3.21. The van der Waals surface area contributed by atoms with Gasteiger partial charge in [0, 0.05) is 35.1 Å². The molecule has 0 aliphatic carbocycles. The minimum atomic E-state index is -3.30. The fourth-order valence-corrected chi connectivity index (χ4v) is 4.48. The lowest BCUT2D eigenvalue weighted by Gasteiger charge is -2.20. The van der Waals surface area contributed by atoms with Crippen LogP contribution >= 0.6 is 11.6 Å². The van der Waals surface area contributed by atoms with E-state index in [9.17, 15) is 8.42 Å². The van der Waals surface area contributed by atoms with Gasteiger partial charge in [0.15, 0.2) is 9.84 Å². The molecule has 1 aromatic heterocycles. The lowest BCUT2D eigenvalue weighted by Crippen LogP contribution is -2.22. The number of halogens is 1. The van der Waals surface area contributed by atoms with Crippen LogP contribution in [-0.2, 0) is 22.9 Å². The summed E-state index contributed by atoms with van der Waals surface area (Å²) in [7, 11) is -1.71. The van der Waals surface area contributed by atoms with Gasteiger partial charge in [0.1, 0.15) is 5.75 Å². The third-order valence-electron chi connectivity index (χ3n) is 5.08. The maximum Gasteiger partial charge on any atom is 0.178 e. The van der Waals surface area contributed by atoms with Gasteiger partial charge in [-0.15, -0.1) is 0 Å². The van der Waals surface area contributed by atoms with Gasteiger partial charge in [0.2, 0.25) is 0 Å². The minimum Gasteiger partial charge on any atom is -0.496 e. The Labute approximate surface area is 183 Å². The molecule has 7 heteroatoms. The van der Waals surface area contributed by atoms with E-state index in [1.165, 1.54) is 0 Å². The number of nitrogens with one attached hydrogen (secondary N) is 1. The van der Waals surface area contributed by atoms with Crippen LogP contribution in [0.1, 0.15) is 25.1 Å². The highest BCUT2D eigenvalue weighted by atomic mass is 35.5. The Kier molecular flexibility index (Phi) is 7.23. The zero-order valence-corrected chi connectivity index (χ0v) is 19.1. The first-order valence-electron chi connectivity index (χ1n) is 9.92. The number of nitrogens with zero attached hydrogens (tertiary/aromatic N) is 1. The molecule has 0 radical (unpaired) electrons. The van der Waals surface area contributed by atoms with E-state index < -0.39 is 9.84 Å².